The van der Waals surface area contributed by atoms with E-state index in [-0.39, 0.29) is 42.2 Å². The number of likely N-dealkylation sites (tertiary alicyclic amines) is 3. The van der Waals surface area contributed by atoms with Gasteiger partial charge < -0.3 is 35.0 Å². The van der Waals surface area contributed by atoms with Gasteiger partial charge in [0.25, 0.3) is 5.91 Å². The van der Waals surface area contributed by atoms with Gasteiger partial charge in [0, 0.05) is 50.9 Å². The minimum Gasteiger partial charge on any atom is -0.507 e. The number of phenols is 1. The number of halogens is 1. The smallest absolute Gasteiger partial charge is 0.410 e. The van der Waals surface area contributed by atoms with Crippen LogP contribution >= 0.6 is 15.9 Å². The molecule has 6 rings (SSSR count). The number of nitrogens with zero attached hydrogens (tertiary/aromatic N) is 4. The number of benzene rings is 2. The molecule has 50 heavy (non-hydrogen) atoms. The number of carbonyl (C=O) groups is 4. The highest BCUT2D eigenvalue weighted by Gasteiger charge is 2.37. The number of aliphatic carboxylic acids is 1. The van der Waals surface area contributed by atoms with Crippen LogP contribution in [0, 0.1) is 11.8 Å². The number of carbonyl (C=O) groups excluding carboxylic acids is 3. The van der Waals surface area contributed by atoms with Gasteiger partial charge in [0.2, 0.25) is 0 Å². The van der Waals surface area contributed by atoms with Gasteiger partial charge in [0.1, 0.15) is 13.6 Å². The van der Waals surface area contributed by atoms with Gasteiger partial charge in [-0.05, 0) is 109 Å². The number of carboxylic acids is 1. The fourth-order valence-electron chi connectivity index (χ4n) is 8.05. The Hall–Kier alpha value is -3.78. The lowest BCUT2D eigenvalue weighted by atomic mass is 9.78. The maximum Gasteiger partial charge on any atom is 0.410 e. The van der Waals surface area contributed by atoms with E-state index in [0.29, 0.717) is 67.4 Å². The van der Waals surface area contributed by atoms with E-state index in [1.807, 2.05) is 34.1 Å². The Morgan fingerprint density at radius 1 is 0.920 bits per heavy atom. The molecule has 4 aliphatic heterocycles. The molecule has 2 aromatic rings. The number of hydrogen-bond acceptors (Lipinski definition) is 7. The number of ether oxygens (including phenoxy) is 1. The first kappa shape index (κ1) is 36.0. The van der Waals surface area contributed by atoms with Gasteiger partial charge in [-0.25, -0.2) is 9.59 Å². The third-order valence-electron chi connectivity index (χ3n) is 10.9. The van der Waals surface area contributed by atoms with Crippen molar-refractivity contribution in [3.8, 4) is 5.75 Å². The number of fused-ring (bicyclic) bond motifs is 1. The van der Waals surface area contributed by atoms with Gasteiger partial charge >= 0.3 is 18.1 Å². The third kappa shape index (κ3) is 8.56. The maximum atomic E-state index is 14.0. The normalized spacial score (nSPS) is 20.5. The third-order valence-corrected chi connectivity index (χ3v) is 11.5. The van der Waals surface area contributed by atoms with Crippen molar-refractivity contribution in [2.75, 3.05) is 57.7 Å². The zero-order valence-corrected chi connectivity index (χ0v) is 29.9. The van der Waals surface area contributed by atoms with E-state index in [1.54, 1.807) is 21.9 Å². The number of urea groups is 1. The van der Waals surface area contributed by atoms with Crippen molar-refractivity contribution in [1.82, 2.24) is 19.6 Å². The number of amides is 4. The molecule has 0 unspecified atom stereocenters. The quantitative estimate of drug-likeness (QED) is 0.348. The monoisotopic (exact) mass is 749 g/mol. The van der Waals surface area contributed by atoms with E-state index in [0.717, 1.165) is 56.4 Å². The van der Waals surface area contributed by atoms with E-state index in [4.69, 9.17) is 17.7 Å². The Balaban J connectivity index is 1.06. The van der Waals surface area contributed by atoms with E-state index in [1.165, 1.54) is 0 Å². The average molecular weight is 751 g/mol. The Labute approximate surface area is 302 Å². The fourth-order valence-corrected chi connectivity index (χ4v) is 8.58. The molecule has 0 saturated carbocycles. The summed E-state index contributed by atoms with van der Waals surface area (Å²) in [5, 5.41) is 22.3. The summed E-state index contributed by atoms with van der Waals surface area (Å²) in [6, 6.07) is 10.9. The van der Waals surface area contributed by atoms with Crippen molar-refractivity contribution in [2.24, 2.45) is 11.8 Å². The number of phenolic OH excluding ortho intramolecular Hbond substituents is 1. The zero-order valence-electron chi connectivity index (χ0n) is 28.3. The molecule has 0 bridgehead atoms. The SMILES string of the molecule is [B]c1cc(C[C@@H](OC(=O)N2CCC(N3CCc4ccccc4NC3=O)CC2)C(=O)N2CCC(C3CCN(CC(=O)O)CC3)CC2)cc(Br)c1O. The van der Waals surface area contributed by atoms with Crippen molar-refractivity contribution < 1.29 is 34.1 Å². The van der Waals surface area contributed by atoms with Gasteiger partial charge in [-0.1, -0.05) is 29.7 Å². The number of aromatic hydroxyl groups is 1. The zero-order chi connectivity index (χ0) is 35.4. The number of hydrogen-bond donors (Lipinski definition) is 3. The van der Waals surface area contributed by atoms with E-state index < -0.39 is 18.2 Å². The van der Waals surface area contributed by atoms with Crippen LogP contribution in [0.5, 0.6) is 5.75 Å². The molecule has 2 radical (unpaired) electrons. The Morgan fingerprint density at radius 3 is 2.22 bits per heavy atom. The van der Waals surface area contributed by atoms with Crippen LogP contribution in [0.3, 0.4) is 0 Å². The molecule has 1 atom stereocenters. The van der Waals surface area contributed by atoms with Gasteiger partial charge in [-0.3, -0.25) is 14.5 Å². The van der Waals surface area contributed by atoms with E-state index in [2.05, 4.69) is 21.2 Å². The average Bonchev–Trinajstić information content (AvgIpc) is 3.28. The minimum atomic E-state index is -1.08. The fraction of sp³-hybridized carbons (Fsp3) is 0.556. The standard InChI is InChI=1S/C36H45BBrN5O7/c37-28-19-23(20-29(38)33(28)46)21-31(34(47)41-14-7-25(8-15-41)24-5-12-40(13-6-24)22-32(44)45)50-36(49)42-16-10-27(11-17-42)43-18-9-26-3-1-2-4-30(26)39-35(43)48/h1-4,19-20,24-25,27,31,46H,5-18,21-22H2,(H,39,48)(H,44,45)/t31-/m1/s1. The first-order valence-corrected chi connectivity index (χ1v) is 18.5. The van der Waals surface area contributed by atoms with E-state index in [9.17, 15) is 24.3 Å². The van der Waals surface area contributed by atoms with Crippen LogP contribution in [-0.4, -0.2) is 126 Å². The molecule has 0 aliphatic carbocycles. The van der Waals surface area contributed by atoms with Crippen LogP contribution in [0.15, 0.2) is 40.9 Å². The number of rotatable bonds is 8. The first-order chi connectivity index (χ1) is 24.0. The topological polar surface area (TPSA) is 143 Å². The van der Waals surface area contributed by atoms with Crippen molar-refractivity contribution in [1.29, 1.82) is 0 Å². The number of para-hydroxylation sites is 1. The molecular formula is C36H45BBrN5O7. The van der Waals surface area contributed by atoms with E-state index >= 15 is 0 Å². The molecule has 3 N–H and O–H groups in total. The van der Waals surface area contributed by atoms with Crippen molar-refractivity contribution in [2.45, 2.75) is 63.5 Å². The predicted molar refractivity (Wildman–Crippen MR) is 192 cm³/mol. The van der Waals surface area contributed by atoms with Crippen molar-refractivity contribution >= 4 is 58.9 Å². The number of piperidine rings is 3. The molecular weight excluding hydrogens is 705 g/mol. The lowest BCUT2D eigenvalue weighted by Crippen LogP contribution is -2.52. The number of anilines is 1. The number of carboxylic acid groups (broad SMARTS) is 1. The first-order valence-electron chi connectivity index (χ1n) is 17.7. The highest BCUT2D eigenvalue weighted by molar-refractivity contribution is 9.10. The second-order valence-electron chi connectivity index (χ2n) is 14.0. The number of nitrogens with one attached hydrogen (secondary N) is 1. The summed E-state index contributed by atoms with van der Waals surface area (Å²) < 4.78 is 6.39. The highest BCUT2D eigenvalue weighted by atomic mass is 79.9. The molecule has 14 heteroatoms. The summed E-state index contributed by atoms with van der Waals surface area (Å²) in [5.41, 5.74) is 2.74. The molecule has 4 heterocycles. The Morgan fingerprint density at radius 2 is 1.56 bits per heavy atom. The molecule has 3 fully saturated rings. The molecule has 2 aromatic carbocycles. The molecule has 4 amide bonds. The summed E-state index contributed by atoms with van der Waals surface area (Å²) in [6.45, 7) is 4.13. The molecule has 4 aliphatic rings. The summed E-state index contributed by atoms with van der Waals surface area (Å²) in [7, 11) is 6.02. The summed E-state index contributed by atoms with van der Waals surface area (Å²) in [5.74, 6) is -0.185. The van der Waals surface area contributed by atoms with Gasteiger partial charge in [-0.2, -0.15) is 0 Å². The van der Waals surface area contributed by atoms with Gasteiger partial charge in [0.05, 0.1) is 11.0 Å². The van der Waals surface area contributed by atoms with Crippen LogP contribution in [0.2, 0.25) is 0 Å². The largest absolute Gasteiger partial charge is 0.507 e. The molecule has 3 saturated heterocycles. The highest BCUT2D eigenvalue weighted by Crippen LogP contribution is 2.33. The maximum absolute atomic E-state index is 14.0. The van der Waals surface area contributed by atoms with Crippen LogP contribution in [0.1, 0.15) is 49.7 Å². The summed E-state index contributed by atoms with van der Waals surface area (Å²) >= 11 is 3.32. The van der Waals surface area contributed by atoms with Crippen LogP contribution < -0.4 is 10.8 Å². The molecule has 266 valence electrons. The van der Waals surface area contributed by atoms with Gasteiger partial charge in [-0.15, -0.1) is 0 Å². The van der Waals surface area contributed by atoms with Crippen molar-refractivity contribution in [3.63, 3.8) is 0 Å². The summed E-state index contributed by atoms with van der Waals surface area (Å²) in [6.07, 6.45) is 4.00. The summed E-state index contributed by atoms with van der Waals surface area (Å²) in [4.78, 5) is 59.1. The second kappa shape index (κ2) is 16.1. The lowest BCUT2D eigenvalue weighted by molar-refractivity contribution is -0.142. The van der Waals surface area contributed by atoms with Crippen molar-refractivity contribution in [3.05, 3.63) is 52.0 Å². The Bertz CT molecular complexity index is 1550. The van der Waals surface area contributed by atoms with Crippen LogP contribution in [0.4, 0.5) is 15.3 Å². The second-order valence-corrected chi connectivity index (χ2v) is 14.9. The van der Waals surface area contributed by atoms with Gasteiger partial charge in [0.15, 0.2) is 6.10 Å². The molecule has 0 aromatic heterocycles. The molecule has 0 spiro atoms. The van der Waals surface area contributed by atoms with Crippen LogP contribution in [0.25, 0.3) is 0 Å². The molecule has 12 nitrogen and oxygen atoms in total. The van der Waals surface area contributed by atoms with Crippen LogP contribution in [-0.2, 0) is 27.2 Å². The lowest BCUT2D eigenvalue weighted by Gasteiger charge is -2.41. The predicted octanol–water partition coefficient (Wildman–Crippen LogP) is 3.59. The Kier molecular flexibility index (Phi) is 11.6. The minimum absolute atomic E-state index is 0.0196.